The zero-order valence-corrected chi connectivity index (χ0v) is 14.9. The van der Waals surface area contributed by atoms with E-state index in [1.165, 1.54) is 34.2 Å². The molecule has 0 aliphatic carbocycles. The van der Waals surface area contributed by atoms with Crippen LogP contribution in [0.1, 0.15) is 30.4 Å². The molecule has 1 saturated heterocycles. The van der Waals surface area contributed by atoms with Gasteiger partial charge in [0, 0.05) is 12.2 Å². The highest BCUT2D eigenvalue weighted by Gasteiger charge is 2.23. The van der Waals surface area contributed by atoms with E-state index in [9.17, 15) is 4.79 Å². The number of para-hydroxylation sites is 1. The first-order valence-corrected chi connectivity index (χ1v) is 9.44. The van der Waals surface area contributed by atoms with Crippen LogP contribution in [0.25, 0.3) is 0 Å². The third kappa shape index (κ3) is 4.03. The highest BCUT2D eigenvalue weighted by molar-refractivity contribution is 8.02. The number of thioether (sulfide) groups is 1. The molecular formula is C16H20N4OS2. The molecule has 23 heavy (non-hydrogen) atoms. The lowest BCUT2D eigenvalue weighted by Gasteiger charge is -2.10. The number of nitrogens with one attached hydrogen (secondary N) is 2. The highest BCUT2D eigenvalue weighted by atomic mass is 32.2. The van der Waals surface area contributed by atoms with Gasteiger partial charge in [0.05, 0.1) is 5.25 Å². The molecule has 122 valence electrons. The van der Waals surface area contributed by atoms with Crippen LogP contribution in [0.3, 0.4) is 0 Å². The summed E-state index contributed by atoms with van der Waals surface area (Å²) in [5.41, 5.74) is 3.43. The van der Waals surface area contributed by atoms with Gasteiger partial charge in [-0.05, 0) is 37.8 Å². The average Bonchev–Trinajstić information content (AvgIpc) is 2.86. The van der Waals surface area contributed by atoms with Crippen molar-refractivity contribution in [1.82, 2.24) is 15.5 Å². The van der Waals surface area contributed by atoms with Crippen molar-refractivity contribution in [2.24, 2.45) is 0 Å². The molecule has 0 bridgehead atoms. The van der Waals surface area contributed by atoms with E-state index in [1.54, 1.807) is 0 Å². The fourth-order valence-corrected chi connectivity index (χ4v) is 4.64. The third-order valence-electron chi connectivity index (χ3n) is 3.85. The molecule has 3 rings (SSSR count). The maximum absolute atomic E-state index is 12.0. The first-order valence-electron chi connectivity index (χ1n) is 7.74. The van der Waals surface area contributed by atoms with Gasteiger partial charge in [-0.2, -0.15) is 0 Å². The molecule has 2 N–H and O–H groups in total. The van der Waals surface area contributed by atoms with Crippen LogP contribution in [0.4, 0.5) is 10.8 Å². The van der Waals surface area contributed by atoms with Crippen LogP contribution in [0.15, 0.2) is 22.5 Å². The van der Waals surface area contributed by atoms with Crippen molar-refractivity contribution in [3.05, 3.63) is 29.3 Å². The van der Waals surface area contributed by atoms with Gasteiger partial charge in [-0.3, -0.25) is 4.79 Å². The van der Waals surface area contributed by atoms with Gasteiger partial charge in [0.25, 0.3) is 0 Å². The smallest absolute Gasteiger partial charge is 0.233 e. The summed E-state index contributed by atoms with van der Waals surface area (Å²) in [6.07, 6.45) is 3.02. The highest BCUT2D eigenvalue weighted by Crippen LogP contribution is 2.34. The summed E-state index contributed by atoms with van der Waals surface area (Å²) in [5.74, 6) is 0.118. The standard InChI is InChI=1S/C16H20N4OS2/c1-10-6-5-7-11(2)13(10)18-15-19-20-16(23-15)22-12-8-3-4-9-17-14(12)21/h5-7,12H,3-4,8-9H2,1-2H3,(H,17,21)(H,18,19)/t12-/m1/s1. The van der Waals surface area contributed by atoms with Gasteiger partial charge in [0.1, 0.15) is 0 Å². The zero-order valence-electron chi connectivity index (χ0n) is 13.3. The number of nitrogens with zero attached hydrogens (tertiary/aromatic N) is 2. The van der Waals surface area contributed by atoms with Crippen LogP contribution < -0.4 is 10.6 Å². The van der Waals surface area contributed by atoms with E-state index in [2.05, 4.69) is 46.8 Å². The molecule has 5 nitrogen and oxygen atoms in total. The summed E-state index contributed by atoms with van der Waals surface area (Å²) in [5, 5.41) is 15.4. The largest absolute Gasteiger partial charge is 0.355 e. The summed E-state index contributed by atoms with van der Waals surface area (Å²) < 4.78 is 0.834. The molecule has 0 radical (unpaired) electrons. The number of benzene rings is 1. The predicted octanol–water partition coefficient (Wildman–Crippen LogP) is 3.66. The molecule has 1 aromatic heterocycles. The number of carbonyl (C=O) groups excluding carboxylic acids is 1. The fraction of sp³-hybridized carbons (Fsp3) is 0.438. The van der Waals surface area contributed by atoms with E-state index < -0.39 is 0 Å². The molecule has 0 saturated carbocycles. The molecule has 0 spiro atoms. The minimum atomic E-state index is -0.0569. The Morgan fingerprint density at radius 3 is 2.83 bits per heavy atom. The first-order chi connectivity index (χ1) is 11.1. The van der Waals surface area contributed by atoms with Crippen molar-refractivity contribution in [1.29, 1.82) is 0 Å². The van der Waals surface area contributed by atoms with Crippen LogP contribution in [0.5, 0.6) is 0 Å². The van der Waals surface area contributed by atoms with E-state index in [1.807, 2.05) is 6.07 Å². The Balaban J connectivity index is 1.69. The van der Waals surface area contributed by atoms with Crippen molar-refractivity contribution in [2.75, 3.05) is 11.9 Å². The Morgan fingerprint density at radius 2 is 2.04 bits per heavy atom. The first kappa shape index (κ1) is 16.3. The van der Waals surface area contributed by atoms with E-state index in [0.717, 1.165) is 41.0 Å². The number of hydrogen-bond acceptors (Lipinski definition) is 6. The minimum absolute atomic E-state index is 0.0569. The van der Waals surface area contributed by atoms with Gasteiger partial charge in [0.15, 0.2) is 4.34 Å². The van der Waals surface area contributed by atoms with E-state index in [-0.39, 0.29) is 11.2 Å². The van der Waals surface area contributed by atoms with Gasteiger partial charge in [0.2, 0.25) is 11.0 Å². The van der Waals surface area contributed by atoms with Crippen LogP contribution in [-0.2, 0) is 4.79 Å². The summed E-state index contributed by atoms with van der Waals surface area (Å²) in [6, 6.07) is 6.19. The van der Waals surface area contributed by atoms with Crippen molar-refractivity contribution in [2.45, 2.75) is 42.7 Å². The average molecular weight is 348 g/mol. The third-order valence-corrected chi connectivity index (χ3v) is 6.04. The molecule has 1 aliphatic rings. The number of rotatable bonds is 4. The molecule has 2 heterocycles. The zero-order chi connectivity index (χ0) is 16.2. The second-order valence-electron chi connectivity index (χ2n) is 5.66. The van der Waals surface area contributed by atoms with E-state index in [4.69, 9.17) is 0 Å². The molecule has 1 fully saturated rings. The lowest BCUT2D eigenvalue weighted by Crippen LogP contribution is -2.30. The van der Waals surface area contributed by atoms with Crippen LogP contribution >= 0.6 is 23.1 Å². The predicted molar refractivity (Wildman–Crippen MR) is 95.6 cm³/mol. The molecule has 1 amide bonds. The van der Waals surface area contributed by atoms with E-state index in [0.29, 0.717) is 0 Å². The molecule has 1 aromatic carbocycles. The van der Waals surface area contributed by atoms with Crippen LogP contribution in [-0.4, -0.2) is 27.9 Å². The summed E-state index contributed by atoms with van der Waals surface area (Å²) in [6.45, 7) is 4.93. The summed E-state index contributed by atoms with van der Waals surface area (Å²) in [7, 11) is 0. The van der Waals surface area contributed by atoms with Gasteiger partial charge < -0.3 is 10.6 Å². The van der Waals surface area contributed by atoms with Crippen LogP contribution in [0.2, 0.25) is 0 Å². The Kier molecular flexibility index (Phi) is 5.17. The molecular weight excluding hydrogens is 328 g/mol. The minimum Gasteiger partial charge on any atom is -0.355 e. The normalized spacial score (nSPS) is 18.3. The number of carbonyl (C=O) groups is 1. The Bertz CT molecular complexity index is 681. The molecule has 1 aliphatic heterocycles. The lowest BCUT2D eigenvalue weighted by atomic mass is 10.1. The Labute approximate surface area is 144 Å². The maximum atomic E-state index is 12.0. The van der Waals surface area contributed by atoms with Crippen molar-refractivity contribution < 1.29 is 4.79 Å². The number of hydrogen-bond donors (Lipinski definition) is 2. The summed E-state index contributed by atoms with van der Waals surface area (Å²) >= 11 is 3.02. The second kappa shape index (κ2) is 7.31. The SMILES string of the molecule is Cc1cccc(C)c1Nc1nnc(S[C@@H]2CCCCNC2=O)s1. The van der Waals surface area contributed by atoms with Crippen molar-refractivity contribution >= 4 is 39.8 Å². The number of aryl methyl sites for hydroxylation is 2. The number of anilines is 2. The van der Waals surface area contributed by atoms with E-state index >= 15 is 0 Å². The maximum Gasteiger partial charge on any atom is 0.233 e. The topological polar surface area (TPSA) is 66.9 Å². The molecule has 0 unspecified atom stereocenters. The van der Waals surface area contributed by atoms with Gasteiger partial charge in [-0.1, -0.05) is 47.7 Å². The van der Waals surface area contributed by atoms with Crippen molar-refractivity contribution in [3.63, 3.8) is 0 Å². The molecule has 7 heteroatoms. The Morgan fingerprint density at radius 1 is 1.26 bits per heavy atom. The fourth-order valence-electron chi connectivity index (χ4n) is 2.57. The number of amides is 1. The monoisotopic (exact) mass is 348 g/mol. The number of aromatic nitrogens is 2. The summed E-state index contributed by atoms with van der Waals surface area (Å²) in [4.78, 5) is 12.0. The van der Waals surface area contributed by atoms with Gasteiger partial charge in [-0.15, -0.1) is 10.2 Å². The molecule has 1 atom stereocenters. The quantitative estimate of drug-likeness (QED) is 0.883. The Hall–Kier alpha value is -1.60. The van der Waals surface area contributed by atoms with Gasteiger partial charge >= 0.3 is 0 Å². The van der Waals surface area contributed by atoms with Crippen LogP contribution in [0, 0.1) is 13.8 Å². The lowest BCUT2D eigenvalue weighted by molar-refractivity contribution is -0.120. The van der Waals surface area contributed by atoms with Crippen molar-refractivity contribution in [3.8, 4) is 0 Å². The second-order valence-corrected chi connectivity index (χ2v) is 8.09. The van der Waals surface area contributed by atoms with Gasteiger partial charge in [-0.25, -0.2) is 0 Å². The molecule has 2 aromatic rings.